The van der Waals surface area contributed by atoms with Gasteiger partial charge in [0, 0.05) is 37.6 Å². The van der Waals surface area contributed by atoms with E-state index in [2.05, 4.69) is 10.6 Å². The zero-order valence-corrected chi connectivity index (χ0v) is 20.2. The zero-order valence-electron chi connectivity index (χ0n) is 18.6. The van der Waals surface area contributed by atoms with Crippen LogP contribution in [0.4, 0.5) is 5.69 Å². The first-order valence-corrected chi connectivity index (χ1v) is 11.9. The highest BCUT2D eigenvalue weighted by Crippen LogP contribution is 2.35. The molecular formula is C22H28ClN3O7S. The molecule has 34 heavy (non-hydrogen) atoms. The maximum absolute atomic E-state index is 13.2. The summed E-state index contributed by atoms with van der Waals surface area (Å²) in [5.41, 5.74) is 2.66. The maximum Gasteiger partial charge on any atom is 0.265 e. The molecule has 186 valence electrons. The molecule has 1 aliphatic rings. The summed E-state index contributed by atoms with van der Waals surface area (Å²) >= 11 is 0. The summed E-state index contributed by atoms with van der Waals surface area (Å²) < 4.78 is 35.0. The summed E-state index contributed by atoms with van der Waals surface area (Å²) in [6, 6.07) is 12.7. The largest absolute Gasteiger partial charge is 0.497 e. The number of hydroxylamine groups is 1. The van der Waals surface area contributed by atoms with Crippen LogP contribution in [0.15, 0.2) is 53.4 Å². The fourth-order valence-electron chi connectivity index (χ4n) is 3.63. The van der Waals surface area contributed by atoms with Gasteiger partial charge in [-0.05, 0) is 61.4 Å². The average molecular weight is 514 g/mol. The minimum Gasteiger partial charge on any atom is -0.497 e. The summed E-state index contributed by atoms with van der Waals surface area (Å²) in [5, 5.41) is 15.0. The highest BCUT2D eigenvalue weighted by atomic mass is 35.5. The van der Waals surface area contributed by atoms with Gasteiger partial charge in [-0.2, -0.15) is 0 Å². The monoisotopic (exact) mass is 513 g/mol. The molecule has 4 N–H and O–H groups in total. The number of carbonyl (C=O) groups excluding carboxylic acids is 2. The number of amides is 2. The van der Waals surface area contributed by atoms with Gasteiger partial charge in [-0.3, -0.25) is 14.8 Å². The van der Waals surface area contributed by atoms with E-state index in [0.717, 1.165) is 0 Å². The molecule has 12 heteroatoms. The third-order valence-electron chi connectivity index (χ3n) is 5.59. The van der Waals surface area contributed by atoms with E-state index in [-0.39, 0.29) is 49.3 Å². The van der Waals surface area contributed by atoms with Crippen LogP contribution in [0.2, 0.25) is 0 Å². The lowest BCUT2D eigenvalue weighted by molar-refractivity contribution is -0.134. The van der Waals surface area contributed by atoms with Crippen molar-refractivity contribution in [1.29, 1.82) is 0 Å². The molecule has 0 radical (unpaired) electrons. The van der Waals surface area contributed by atoms with Gasteiger partial charge in [-0.15, -0.1) is 12.4 Å². The van der Waals surface area contributed by atoms with Crippen molar-refractivity contribution >= 4 is 39.7 Å². The summed E-state index contributed by atoms with van der Waals surface area (Å²) in [4.78, 5) is 24.4. The van der Waals surface area contributed by atoms with Crippen LogP contribution in [-0.2, 0) is 19.4 Å². The summed E-state index contributed by atoms with van der Waals surface area (Å²) in [6.45, 7) is 0.982. The quantitative estimate of drug-likeness (QED) is 0.226. The van der Waals surface area contributed by atoms with E-state index in [4.69, 9.17) is 14.7 Å². The number of halogens is 1. The Morgan fingerprint density at radius 1 is 1.03 bits per heavy atom. The van der Waals surface area contributed by atoms with Crippen molar-refractivity contribution in [2.24, 2.45) is 0 Å². The Balaban J connectivity index is 0.00000408. The lowest BCUT2D eigenvalue weighted by atomic mass is 9.98. The third kappa shape index (κ3) is 5.79. The number of sulfone groups is 1. The lowest BCUT2D eigenvalue weighted by Crippen LogP contribution is -2.54. The van der Waals surface area contributed by atoms with Crippen LogP contribution in [0.25, 0.3) is 0 Å². The predicted molar refractivity (Wildman–Crippen MR) is 127 cm³/mol. The van der Waals surface area contributed by atoms with E-state index in [1.54, 1.807) is 43.5 Å². The molecule has 1 fully saturated rings. The van der Waals surface area contributed by atoms with Gasteiger partial charge in [0.1, 0.15) is 5.75 Å². The number of methoxy groups -OCH3 is 1. The van der Waals surface area contributed by atoms with Gasteiger partial charge in [0.05, 0.1) is 12.0 Å². The number of anilines is 1. The Morgan fingerprint density at radius 3 is 2.21 bits per heavy atom. The normalized spacial score (nSPS) is 14.9. The van der Waals surface area contributed by atoms with E-state index >= 15 is 0 Å². The molecule has 1 heterocycles. The number of nitrogens with one attached hydrogen (secondary N) is 3. The molecule has 0 spiro atoms. The van der Waals surface area contributed by atoms with Crippen molar-refractivity contribution in [1.82, 2.24) is 10.8 Å². The lowest BCUT2D eigenvalue weighted by Gasteiger charge is -2.34. The molecule has 1 saturated heterocycles. The predicted octanol–water partition coefficient (Wildman–Crippen LogP) is 1.79. The van der Waals surface area contributed by atoms with Gasteiger partial charge in [0.25, 0.3) is 11.8 Å². The van der Waals surface area contributed by atoms with Crippen molar-refractivity contribution in [3.63, 3.8) is 0 Å². The van der Waals surface area contributed by atoms with Gasteiger partial charge < -0.3 is 20.1 Å². The van der Waals surface area contributed by atoms with E-state index in [1.165, 1.54) is 17.6 Å². The van der Waals surface area contributed by atoms with E-state index in [9.17, 15) is 18.0 Å². The van der Waals surface area contributed by atoms with Crippen LogP contribution in [-0.4, -0.2) is 63.6 Å². The smallest absolute Gasteiger partial charge is 0.265 e. The number of rotatable bonds is 9. The number of carbonyl (C=O) groups is 2. The Hall–Kier alpha value is -2.86. The van der Waals surface area contributed by atoms with Crippen molar-refractivity contribution in [2.75, 3.05) is 38.7 Å². The Bertz CT molecular complexity index is 1070. The van der Waals surface area contributed by atoms with Crippen molar-refractivity contribution in [3.8, 4) is 5.75 Å². The third-order valence-corrected chi connectivity index (χ3v) is 8.10. The molecule has 0 aromatic heterocycles. The van der Waals surface area contributed by atoms with Crippen LogP contribution in [0.1, 0.15) is 23.2 Å². The van der Waals surface area contributed by atoms with Gasteiger partial charge in [-0.1, -0.05) is 0 Å². The van der Waals surface area contributed by atoms with E-state index in [0.29, 0.717) is 30.1 Å². The fraction of sp³-hybridized carbons (Fsp3) is 0.364. The van der Waals surface area contributed by atoms with Crippen molar-refractivity contribution < 1.29 is 32.7 Å². The molecule has 1 aliphatic heterocycles. The maximum atomic E-state index is 13.2. The van der Waals surface area contributed by atoms with Gasteiger partial charge >= 0.3 is 0 Å². The van der Waals surface area contributed by atoms with Crippen LogP contribution >= 0.6 is 12.4 Å². The van der Waals surface area contributed by atoms with Crippen molar-refractivity contribution in [3.05, 3.63) is 54.1 Å². The number of hydrogen-bond acceptors (Lipinski definition) is 8. The molecule has 0 atom stereocenters. The SMILES string of the molecule is COc1ccc(C(=O)NCCNc2ccc(S(=O)(=O)C3(C(=O)NO)CCOCC3)cc2)cc1.Cl. The molecule has 2 aromatic rings. The first-order chi connectivity index (χ1) is 15.8. The Morgan fingerprint density at radius 2 is 1.65 bits per heavy atom. The van der Waals surface area contributed by atoms with E-state index in [1.807, 2.05) is 0 Å². The fourth-order valence-corrected chi connectivity index (χ4v) is 5.57. The zero-order chi connectivity index (χ0) is 23.9. The molecule has 3 rings (SSSR count). The van der Waals surface area contributed by atoms with E-state index < -0.39 is 20.5 Å². The highest BCUT2D eigenvalue weighted by molar-refractivity contribution is 7.93. The molecule has 0 aliphatic carbocycles. The number of hydrogen-bond donors (Lipinski definition) is 4. The summed E-state index contributed by atoms with van der Waals surface area (Å²) in [7, 11) is -2.52. The number of ether oxygens (including phenoxy) is 2. The highest BCUT2D eigenvalue weighted by Gasteiger charge is 2.52. The molecular weight excluding hydrogens is 486 g/mol. The summed E-state index contributed by atoms with van der Waals surface area (Å²) in [5.74, 6) is -0.510. The molecule has 0 saturated carbocycles. The minimum atomic E-state index is -4.07. The minimum absolute atomic E-state index is 0. The Labute approximate surface area is 204 Å². The van der Waals surface area contributed by atoms with Crippen LogP contribution in [0, 0.1) is 0 Å². The molecule has 10 nitrogen and oxygen atoms in total. The molecule has 2 amide bonds. The van der Waals surface area contributed by atoms with Gasteiger partial charge in [0.15, 0.2) is 14.6 Å². The number of benzene rings is 2. The van der Waals surface area contributed by atoms with Gasteiger partial charge in [-0.25, -0.2) is 13.9 Å². The van der Waals surface area contributed by atoms with Crippen molar-refractivity contribution in [2.45, 2.75) is 22.5 Å². The van der Waals surface area contributed by atoms with Crippen LogP contribution < -0.4 is 20.9 Å². The summed E-state index contributed by atoms with van der Waals surface area (Å²) in [6.07, 6.45) is -0.0920. The van der Waals surface area contributed by atoms with Gasteiger partial charge in [0.2, 0.25) is 0 Å². The topological polar surface area (TPSA) is 143 Å². The standard InChI is InChI=1S/C22H27N3O7S.ClH/c1-31-18-6-2-16(3-7-18)20(26)24-13-12-23-17-4-8-19(9-5-17)33(29,30)22(21(27)25-28)10-14-32-15-11-22;/h2-9,23,28H,10-15H2,1H3,(H,24,26)(H,25,27);1H. The average Bonchev–Trinajstić information content (AvgIpc) is 2.86. The molecule has 0 bridgehead atoms. The molecule has 2 aromatic carbocycles. The second-order valence-electron chi connectivity index (χ2n) is 7.49. The first-order valence-electron chi connectivity index (χ1n) is 10.4. The van der Waals surface area contributed by atoms with Crippen LogP contribution in [0.3, 0.4) is 0 Å². The van der Waals surface area contributed by atoms with Crippen LogP contribution in [0.5, 0.6) is 5.75 Å². The second kappa shape index (κ2) is 12.0. The Kier molecular flexibility index (Phi) is 9.68. The second-order valence-corrected chi connectivity index (χ2v) is 9.75. The first kappa shape index (κ1) is 27.4. The molecule has 0 unspecified atom stereocenters.